The van der Waals surface area contributed by atoms with Crippen molar-refractivity contribution in [3.8, 4) is 0 Å². The first-order chi connectivity index (χ1) is 12.9. The molecular formula is C19H20F3N3OS. The zero-order chi connectivity index (χ0) is 19.0. The number of rotatable bonds is 4. The van der Waals surface area contributed by atoms with Crippen LogP contribution in [0.3, 0.4) is 0 Å². The molecule has 1 aliphatic carbocycles. The second-order valence-corrected chi connectivity index (χ2v) is 8.24. The zero-order valence-corrected chi connectivity index (χ0v) is 15.5. The van der Waals surface area contributed by atoms with Crippen molar-refractivity contribution in [1.29, 1.82) is 0 Å². The van der Waals surface area contributed by atoms with E-state index in [0.717, 1.165) is 60.5 Å². The Hall–Kier alpha value is -1.93. The Labute approximate surface area is 159 Å². The van der Waals surface area contributed by atoms with E-state index in [1.165, 1.54) is 23.5 Å². The largest absolute Gasteiger partial charge is 0.416 e. The molecule has 144 valence electrons. The molecule has 0 bridgehead atoms. The van der Waals surface area contributed by atoms with Gasteiger partial charge in [0.05, 0.1) is 11.3 Å². The molecule has 0 atom stereocenters. The van der Waals surface area contributed by atoms with Gasteiger partial charge in [-0.1, -0.05) is 18.6 Å². The van der Waals surface area contributed by atoms with Gasteiger partial charge < -0.3 is 5.32 Å². The number of nitrogens with one attached hydrogen (secondary N) is 1. The van der Waals surface area contributed by atoms with Crippen LogP contribution in [0.1, 0.15) is 41.0 Å². The smallest absolute Gasteiger partial charge is 0.302 e. The molecule has 1 N–H and O–H groups in total. The van der Waals surface area contributed by atoms with Gasteiger partial charge in [-0.2, -0.15) is 13.2 Å². The van der Waals surface area contributed by atoms with Crippen LogP contribution in [0.2, 0.25) is 0 Å². The first-order valence-corrected chi connectivity index (χ1v) is 9.88. The fourth-order valence-corrected chi connectivity index (χ4v) is 4.43. The van der Waals surface area contributed by atoms with Gasteiger partial charge in [0.2, 0.25) is 5.91 Å². The number of aromatic nitrogens is 1. The van der Waals surface area contributed by atoms with Gasteiger partial charge in [0.15, 0.2) is 5.13 Å². The molecule has 8 heteroatoms. The van der Waals surface area contributed by atoms with Crippen LogP contribution < -0.4 is 5.32 Å². The summed E-state index contributed by atoms with van der Waals surface area (Å²) < 4.78 is 38.0. The van der Waals surface area contributed by atoms with Gasteiger partial charge in [0, 0.05) is 36.9 Å². The summed E-state index contributed by atoms with van der Waals surface area (Å²) >= 11 is 1.50. The normalized spacial score (nSPS) is 18.0. The maximum absolute atomic E-state index is 12.7. The maximum Gasteiger partial charge on any atom is 0.416 e. The van der Waals surface area contributed by atoms with E-state index in [-0.39, 0.29) is 11.8 Å². The maximum atomic E-state index is 12.7. The third kappa shape index (κ3) is 4.16. The summed E-state index contributed by atoms with van der Waals surface area (Å²) in [5.74, 6) is 0.191. The van der Waals surface area contributed by atoms with Crippen molar-refractivity contribution in [2.75, 3.05) is 11.9 Å². The SMILES string of the molecule is O=C(Nc1nc2c(s1)CN(Cc1ccc(C(F)(F)F)cc1)CC2)C1CCC1. The number of carbonyl (C=O) groups excluding carboxylic acids is 1. The van der Waals surface area contributed by atoms with Crippen molar-refractivity contribution >= 4 is 22.4 Å². The number of halogens is 3. The fourth-order valence-electron chi connectivity index (χ4n) is 3.37. The minimum atomic E-state index is -4.30. The van der Waals surface area contributed by atoms with E-state index in [9.17, 15) is 18.0 Å². The Morgan fingerprint density at radius 3 is 2.63 bits per heavy atom. The number of nitrogens with zero attached hydrogens (tertiary/aromatic N) is 2. The first-order valence-electron chi connectivity index (χ1n) is 9.06. The number of alkyl halides is 3. The third-order valence-electron chi connectivity index (χ3n) is 5.20. The number of hydrogen-bond acceptors (Lipinski definition) is 4. The molecule has 1 amide bonds. The van der Waals surface area contributed by atoms with Crippen molar-refractivity contribution < 1.29 is 18.0 Å². The summed E-state index contributed by atoms with van der Waals surface area (Å²) in [6.07, 6.45) is -0.492. The molecule has 4 rings (SSSR count). The summed E-state index contributed by atoms with van der Waals surface area (Å²) in [7, 11) is 0. The fraction of sp³-hybridized carbons (Fsp3) is 0.474. The highest BCUT2D eigenvalue weighted by molar-refractivity contribution is 7.15. The number of benzene rings is 1. The van der Waals surface area contributed by atoms with Crippen molar-refractivity contribution in [2.24, 2.45) is 5.92 Å². The Balaban J connectivity index is 1.37. The Kier molecular flexibility index (Phi) is 4.94. The number of hydrogen-bond donors (Lipinski definition) is 1. The average Bonchev–Trinajstić information content (AvgIpc) is 2.94. The molecule has 1 aromatic heterocycles. The van der Waals surface area contributed by atoms with E-state index in [1.54, 1.807) is 0 Å². The van der Waals surface area contributed by atoms with E-state index < -0.39 is 11.7 Å². The summed E-state index contributed by atoms with van der Waals surface area (Å²) in [4.78, 5) is 19.9. The van der Waals surface area contributed by atoms with Crippen LogP contribution in [0.25, 0.3) is 0 Å². The molecule has 2 aromatic rings. The molecule has 2 aliphatic rings. The standard InChI is InChI=1S/C19H20F3N3OS/c20-19(21,22)14-6-4-12(5-7-14)10-25-9-8-15-16(11-25)27-18(23-15)24-17(26)13-2-1-3-13/h4-7,13H,1-3,8-11H2,(H,23,24,26). The molecule has 1 fully saturated rings. The van der Waals surface area contributed by atoms with E-state index in [0.29, 0.717) is 18.2 Å². The van der Waals surface area contributed by atoms with Gasteiger partial charge in [-0.25, -0.2) is 4.98 Å². The molecule has 27 heavy (non-hydrogen) atoms. The molecule has 1 aliphatic heterocycles. The Bertz CT molecular complexity index is 828. The highest BCUT2D eigenvalue weighted by Gasteiger charge is 2.30. The highest BCUT2D eigenvalue weighted by Crippen LogP contribution is 2.32. The molecule has 0 spiro atoms. The summed E-state index contributed by atoms with van der Waals surface area (Å²) in [5.41, 5.74) is 1.25. The molecule has 1 saturated carbocycles. The predicted octanol–water partition coefficient (Wildman–Crippen LogP) is 4.46. The lowest BCUT2D eigenvalue weighted by Gasteiger charge is -2.25. The number of carbonyl (C=O) groups is 1. The lowest BCUT2D eigenvalue weighted by atomic mass is 9.85. The third-order valence-corrected chi connectivity index (χ3v) is 6.20. The number of thiazole rings is 1. The van der Waals surface area contributed by atoms with Crippen molar-refractivity contribution in [1.82, 2.24) is 9.88 Å². The van der Waals surface area contributed by atoms with Crippen LogP contribution in [0.4, 0.5) is 18.3 Å². The number of amides is 1. The molecule has 0 radical (unpaired) electrons. The van der Waals surface area contributed by atoms with Gasteiger partial charge in [-0.3, -0.25) is 9.69 Å². The predicted molar refractivity (Wildman–Crippen MR) is 97.3 cm³/mol. The van der Waals surface area contributed by atoms with Gasteiger partial charge >= 0.3 is 6.18 Å². The Morgan fingerprint density at radius 2 is 2.00 bits per heavy atom. The molecule has 2 heterocycles. The minimum Gasteiger partial charge on any atom is -0.302 e. The van der Waals surface area contributed by atoms with Gasteiger partial charge in [-0.05, 0) is 30.5 Å². The van der Waals surface area contributed by atoms with E-state index in [4.69, 9.17) is 0 Å². The van der Waals surface area contributed by atoms with Gasteiger partial charge in [0.1, 0.15) is 0 Å². The van der Waals surface area contributed by atoms with Crippen LogP contribution in [-0.4, -0.2) is 22.3 Å². The van der Waals surface area contributed by atoms with E-state index >= 15 is 0 Å². The van der Waals surface area contributed by atoms with Gasteiger partial charge in [-0.15, -0.1) is 11.3 Å². The lowest BCUT2D eigenvalue weighted by molar-refractivity contribution is -0.137. The zero-order valence-electron chi connectivity index (χ0n) is 14.7. The second-order valence-electron chi connectivity index (χ2n) is 7.16. The Morgan fingerprint density at radius 1 is 1.26 bits per heavy atom. The molecular weight excluding hydrogens is 375 g/mol. The number of fused-ring (bicyclic) bond motifs is 1. The van der Waals surface area contributed by atoms with Crippen LogP contribution in [-0.2, 0) is 30.5 Å². The second kappa shape index (κ2) is 7.24. The van der Waals surface area contributed by atoms with E-state index in [2.05, 4.69) is 15.2 Å². The van der Waals surface area contributed by atoms with Crippen LogP contribution >= 0.6 is 11.3 Å². The van der Waals surface area contributed by atoms with Crippen LogP contribution in [0, 0.1) is 5.92 Å². The first kappa shape index (κ1) is 18.4. The van der Waals surface area contributed by atoms with E-state index in [1.807, 2.05) is 0 Å². The van der Waals surface area contributed by atoms with Crippen molar-refractivity contribution in [3.05, 3.63) is 46.0 Å². The van der Waals surface area contributed by atoms with Gasteiger partial charge in [0.25, 0.3) is 0 Å². The lowest BCUT2D eigenvalue weighted by Crippen LogP contribution is -2.29. The summed E-state index contributed by atoms with van der Waals surface area (Å²) in [5, 5.41) is 3.59. The minimum absolute atomic E-state index is 0.0638. The summed E-state index contributed by atoms with van der Waals surface area (Å²) in [6.45, 7) is 2.10. The molecule has 0 saturated heterocycles. The van der Waals surface area contributed by atoms with Crippen molar-refractivity contribution in [2.45, 2.75) is 44.9 Å². The van der Waals surface area contributed by atoms with Crippen molar-refractivity contribution in [3.63, 3.8) is 0 Å². The van der Waals surface area contributed by atoms with Crippen LogP contribution in [0.5, 0.6) is 0 Å². The van der Waals surface area contributed by atoms with Crippen LogP contribution in [0.15, 0.2) is 24.3 Å². The topological polar surface area (TPSA) is 45.2 Å². The molecule has 1 aromatic carbocycles. The summed E-state index contributed by atoms with van der Waals surface area (Å²) in [6, 6.07) is 5.33. The average molecular weight is 395 g/mol. The molecule has 4 nitrogen and oxygen atoms in total. The quantitative estimate of drug-likeness (QED) is 0.831. The highest BCUT2D eigenvalue weighted by atomic mass is 32.1. The number of anilines is 1. The molecule has 0 unspecified atom stereocenters. The monoisotopic (exact) mass is 395 g/mol.